The molecule has 0 spiro atoms. The van der Waals surface area contributed by atoms with Gasteiger partial charge in [-0.15, -0.1) is 0 Å². The Kier molecular flexibility index (Phi) is 7.75. The van der Waals surface area contributed by atoms with Crippen molar-refractivity contribution < 1.29 is 14.3 Å². The Labute approximate surface area is 208 Å². The maximum absolute atomic E-state index is 12.9. The summed E-state index contributed by atoms with van der Waals surface area (Å²) in [6, 6.07) is 24.0. The van der Waals surface area contributed by atoms with Crippen molar-refractivity contribution in [1.82, 2.24) is 9.55 Å². The average Bonchev–Trinajstić information content (AvgIpc) is 3.31. The van der Waals surface area contributed by atoms with E-state index in [1.807, 2.05) is 47.2 Å². The zero-order valence-corrected chi connectivity index (χ0v) is 19.9. The number of nitrogens with one attached hydrogen (secondary N) is 1. The summed E-state index contributed by atoms with van der Waals surface area (Å²) >= 11 is 6.15. The molecule has 1 aromatic heterocycles. The number of imidazole rings is 1. The molecule has 0 unspecified atom stereocenters. The van der Waals surface area contributed by atoms with E-state index in [1.165, 1.54) is 0 Å². The number of rotatable bonds is 8. The Morgan fingerprint density at radius 2 is 1.80 bits per heavy atom. The van der Waals surface area contributed by atoms with E-state index in [4.69, 9.17) is 16.3 Å². The normalized spacial score (nSPS) is 11.2. The minimum atomic E-state index is -0.474. The Bertz CT molecular complexity index is 1360. The van der Waals surface area contributed by atoms with E-state index < -0.39 is 5.97 Å². The van der Waals surface area contributed by atoms with E-state index in [2.05, 4.69) is 10.3 Å². The molecule has 0 aliphatic carbocycles. The quantitative estimate of drug-likeness (QED) is 0.247. The maximum Gasteiger partial charge on any atom is 0.341 e. The summed E-state index contributed by atoms with van der Waals surface area (Å²) < 4.78 is 7.23. The number of aromatic nitrogens is 2. The predicted molar refractivity (Wildman–Crippen MR) is 138 cm³/mol. The van der Waals surface area contributed by atoms with Crippen LogP contribution in [0.15, 0.2) is 91.3 Å². The van der Waals surface area contributed by atoms with Gasteiger partial charge in [0.25, 0.3) is 5.91 Å². The largest absolute Gasteiger partial charge is 0.462 e. The second-order valence-electron chi connectivity index (χ2n) is 7.70. The van der Waals surface area contributed by atoms with Crippen LogP contribution in [0.3, 0.4) is 0 Å². The summed E-state index contributed by atoms with van der Waals surface area (Å²) in [5.74, 6) is -0.294. The summed E-state index contributed by atoms with van der Waals surface area (Å²) in [6.07, 6.45) is 5.20. The molecule has 0 bridgehead atoms. The van der Waals surface area contributed by atoms with Gasteiger partial charge < -0.3 is 14.6 Å². The van der Waals surface area contributed by atoms with Crippen LogP contribution >= 0.6 is 11.6 Å². The molecule has 0 saturated carbocycles. The lowest BCUT2D eigenvalue weighted by Crippen LogP contribution is -2.13. The highest BCUT2D eigenvalue weighted by molar-refractivity contribution is 6.34. The van der Waals surface area contributed by atoms with Crippen molar-refractivity contribution >= 4 is 40.8 Å². The van der Waals surface area contributed by atoms with Gasteiger partial charge in [0.15, 0.2) is 0 Å². The number of ether oxygens (including phenoxy) is 1. The summed E-state index contributed by atoms with van der Waals surface area (Å²) in [5, 5.41) is 3.23. The van der Waals surface area contributed by atoms with Crippen LogP contribution in [-0.2, 0) is 16.1 Å². The van der Waals surface area contributed by atoms with Gasteiger partial charge in [-0.05, 0) is 48.4 Å². The van der Waals surface area contributed by atoms with Gasteiger partial charge in [-0.3, -0.25) is 4.79 Å². The topological polar surface area (TPSA) is 73.2 Å². The van der Waals surface area contributed by atoms with E-state index in [0.29, 0.717) is 39.8 Å². The van der Waals surface area contributed by atoms with Crippen LogP contribution < -0.4 is 5.32 Å². The predicted octanol–water partition coefficient (Wildman–Crippen LogP) is 5.94. The molecule has 7 heteroatoms. The number of anilines is 1. The fraction of sp³-hybridized carbons (Fsp3) is 0.107. The molecule has 3 aromatic carbocycles. The lowest BCUT2D eigenvalue weighted by atomic mass is 10.1. The van der Waals surface area contributed by atoms with Crippen LogP contribution in [0.1, 0.15) is 34.2 Å². The number of esters is 1. The zero-order chi connectivity index (χ0) is 24.6. The second-order valence-corrected chi connectivity index (χ2v) is 8.11. The molecule has 176 valence electrons. The Morgan fingerprint density at radius 1 is 1.03 bits per heavy atom. The molecule has 0 aliphatic heterocycles. The highest BCUT2D eigenvalue weighted by Gasteiger charge is 2.19. The van der Waals surface area contributed by atoms with Gasteiger partial charge in [-0.25, -0.2) is 9.78 Å². The minimum absolute atomic E-state index is 0.240. The second kappa shape index (κ2) is 11.3. The van der Waals surface area contributed by atoms with Crippen molar-refractivity contribution in [3.63, 3.8) is 0 Å². The van der Waals surface area contributed by atoms with Gasteiger partial charge in [0.1, 0.15) is 11.4 Å². The highest BCUT2D eigenvalue weighted by atomic mass is 35.5. The first-order chi connectivity index (χ1) is 17.0. The molecule has 35 heavy (non-hydrogen) atoms. The molecule has 1 N–H and O–H groups in total. The molecule has 4 aromatic rings. The summed E-state index contributed by atoms with van der Waals surface area (Å²) in [6.45, 7) is 2.56. The molecular formula is C28H24ClN3O3. The summed E-state index contributed by atoms with van der Waals surface area (Å²) in [4.78, 5) is 30.0. The lowest BCUT2D eigenvalue weighted by Gasteiger charge is -2.12. The van der Waals surface area contributed by atoms with Crippen molar-refractivity contribution in [2.45, 2.75) is 13.5 Å². The standard InChI is InChI=1S/C28H24ClN3O3/c1-2-35-28(34)24(26-30-15-16-32(26)19-20-9-4-3-5-10-20)18-21-11-8-12-22(17-21)31-27(33)23-13-6-7-14-25(23)29/h3-18H,2,19H2,1H3,(H,31,33)/b24-18+. The molecule has 1 amide bonds. The SMILES string of the molecule is CCOC(=O)/C(=C/c1cccc(NC(=O)c2ccccc2Cl)c1)c1nccn1Cc1ccccc1. The van der Waals surface area contributed by atoms with Gasteiger partial charge >= 0.3 is 5.97 Å². The van der Waals surface area contributed by atoms with E-state index in [0.717, 1.165) is 5.56 Å². The number of hydrogen-bond acceptors (Lipinski definition) is 4. The molecule has 0 saturated heterocycles. The van der Waals surface area contributed by atoms with Crippen molar-refractivity contribution in [1.29, 1.82) is 0 Å². The van der Waals surface area contributed by atoms with Crippen LogP contribution in [0.2, 0.25) is 5.02 Å². The highest BCUT2D eigenvalue weighted by Crippen LogP contribution is 2.23. The van der Waals surface area contributed by atoms with Crippen molar-refractivity contribution in [2.75, 3.05) is 11.9 Å². The van der Waals surface area contributed by atoms with Crippen LogP contribution in [0, 0.1) is 0 Å². The molecule has 6 nitrogen and oxygen atoms in total. The zero-order valence-electron chi connectivity index (χ0n) is 19.1. The van der Waals surface area contributed by atoms with Gasteiger partial charge in [0.05, 0.1) is 17.2 Å². The molecule has 4 rings (SSSR count). The summed E-state index contributed by atoms with van der Waals surface area (Å²) in [5.41, 5.74) is 3.06. The van der Waals surface area contributed by atoms with E-state index >= 15 is 0 Å². The summed E-state index contributed by atoms with van der Waals surface area (Å²) in [7, 11) is 0. The molecule has 0 aliphatic rings. The Hall–Kier alpha value is -4.16. The first-order valence-electron chi connectivity index (χ1n) is 11.2. The lowest BCUT2D eigenvalue weighted by molar-refractivity contribution is -0.136. The maximum atomic E-state index is 12.9. The number of amides is 1. The van der Waals surface area contributed by atoms with E-state index in [1.54, 1.807) is 61.7 Å². The van der Waals surface area contributed by atoms with Crippen molar-refractivity contribution in [3.8, 4) is 0 Å². The number of hydrogen-bond donors (Lipinski definition) is 1. The third-order valence-electron chi connectivity index (χ3n) is 5.22. The van der Waals surface area contributed by atoms with Gasteiger partial charge in [0.2, 0.25) is 0 Å². The van der Waals surface area contributed by atoms with E-state index in [-0.39, 0.29) is 12.5 Å². The third kappa shape index (κ3) is 6.05. The number of carbonyl (C=O) groups is 2. The van der Waals surface area contributed by atoms with Crippen LogP contribution in [-0.4, -0.2) is 28.0 Å². The third-order valence-corrected chi connectivity index (χ3v) is 5.55. The van der Waals surface area contributed by atoms with Crippen molar-refractivity contribution in [2.24, 2.45) is 0 Å². The molecular weight excluding hydrogens is 462 g/mol. The first-order valence-corrected chi connectivity index (χ1v) is 11.5. The number of carbonyl (C=O) groups excluding carboxylic acids is 2. The monoisotopic (exact) mass is 485 g/mol. The fourth-order valence-corrected chi connectivity index (χ4v) is 3.82. The molecule has 0 radical (unpaired) electrons. The minimum Gasteiger partial charge on any atom is -0.462 e. The number of halogens is 1. The smallest absolute Gasteiger partial charge is 0.341 e. The van der Waals surface area contributed by atoms with Gasteiger partial charge in [0, 0.05) is 24.6 Å². The van der Waals surface area contributed by atoms with Crippen LogP contribution in [0.4, 0.5) is 5.69 Å². The van der Waals surface area contributed by atoms with Crippen LogP contribution in [0.5, 0.6) is 0 Å². The van der Waals surface area contributed by atoms with Gasteiger partial charge in [-0.1, -0.05) is 66.2 Å². The van der Waals surface area contributed by atoms with Crippen molar-refractivity contribution in [3.05, 3.63) is 119 Å². The first kappa shape index (κ1) is 24.0. The number of nitrogens with zero attached hydrogens (tertiary/aromatic N) is 2. The molecule has 0 atom stereocenters. The molecule has 1 heterocycles. The Balaban J connectivity index is 1.65. The fourth-order valence-electron chi connectivity index (χ4n) is 3.60. The molecule has 0 fully saturated rings. The van der Waals surface area contributed by atoms with E-state index in [9.17, 15) is 9.59 Å². The average molecular weight is 486 g/mol. The number of benzene rings is 3. The van der Waals surface area contributed by atoms with Crippen LogP contribution in [0.25, 0.3) is 11.6 Å². The van der Waals surface area contributed by atoms with Gasteiger partial charge in [-0.2, -0.15) is 0 Å². The Morgan fingerprint density at radius 3 is 2.57 bits per heavy atom.